The minimum absolute atomic E-state index is 0. The fraction of sp³-hybridized carbons (Fsp3) is 0.783. The Kier molecular flexibility index (Phi) is 30.4. The molecule has 0 bridgehead atoms. The first-order chi connectivity index (χ1) is 13.2. The Morgan fingerprint density at radius 1 is 0.533 bits per heavy atom. The van der Waals surface area contributed by atoms with E-state index in [1.54, 1.807) is 12.1 Å². The molecule has 0 atom stereocenters. The summed E-state index contributed by atoms with van der Waals surface area (Å²) in [7, 11) is 0. The van der Waals surface area contributed by atoms with E-state index in [4.69, 9.17) is 0 Å². The zero-order chi connectivity index (χ0) is 23.6. The molecule has 7 heteroatoms. The van der Waals surface area contributed by atoms with Gasteiger partial charge in [-0.15, -0.1) is 36.3 Å². The molecule has 0 heterocycles. The van der Waals surface area contributed by atoms with Gasteiger partial charge in [0.15, 0.2) is 0 Å². The summed E-state index contributed by atoms with van der Waals surface area (Å²) in [6.45, 7) is 25.2. The second kappa shape index (κ2) is 24.2. The van der Waals surface area contributed by atoms with Crippen molar-refractivity contribution in [3.8, 4) is 0 Å². The maximum absolute atomic E-state index is 11.8. The summed E-state index contributed by atoms with van der Waals surface area (Å²) in [5.41, 5.74) is 0. The maximum Gasteiger partial charge on any atom is 4.00 e. The molecular formula is C23H47F2GeHfN3. The van der Waals surface area contributed by atoms with Gasteiger partial charge >= 0.3 is 76.8 Å². The van der Waals surface area contributed by atoms with E-state index < -0.39 is 15.3 Å². The van der Waals surface area contributed by atoms with Crippen LogP contribution in [0.15, 0.2) is 24.3 Å². The molecule has 3 nitrogen and oxygen atoms in total. The first-order valence-electron chi connectivity index (χ1n) is 10.8. The molecule has 0 N–H and O–H groups in total. The van der Waals surface area contributed by atoms with Crippen LogP contribution in [-0.4, -0.2) is 51.5 Å². The molecule has 0 aliphatic heterocycles. The number of hydrogen-bond acceptors (Lipinski definition) is 0. The van der Waals surface area contributed by atoms with E-state index in [0.29, 0.717) is 36.3 Å². The van der Waals surface area contributed by atoms with Gasteiger partial charge in [-0.3, -0.25) is 0 Å². The second-order valence-electron chi connectivity index (χ2n) is 8.53. The molecule has 30 heavy (non-hydrogen) atoms. The van der Waals surface area contributed by atoms with Gasteiger partial charge in [-0.1, -0.05) is 83.1 Å². The third-order valence-corrected chi connectivity index (χ3v) is 4.59. The molecule has 0 aliphatic carbocycles. The van der Waals surface area contributed by atoms with Crippen LogP contribution in [0.25, 0.3) is 16.0 Å². The quantitative estimate of drug-likeness (QED) is 0.219. The Labute approximate surface area is 211 Å². The van der Waals surface area contributed by atoms with Gasteiger partial charge in [-0.25, -0.2) is 0 Å². The standard InChI is InChI=1S/3C6H14N.C5H5F2Ge.Hf/c3*1-5(2)7-6(3)4;6-8(7)5-3-1-2-4-5;/h3*5-6H,1-4H3;1-4,8H;/q4*-1;+4. The monoisotopic (exact) mass is 657 g/mol. The van der Waals surface area contributed by atoms with E-state index in [0.717, 1.165) is 0 Å². The molecule has 0 radical (unpaired) electrons. The minimum Gasteiger partial charge on any atom is 4.00 e. The van der Waals surface area contributed by atoms with Crippen LogP contribution in [-0.2, 0) is 25.8 Å². The largest absolute Gasteiger partial charge is 4.00 e. The fourth-order valence-electron chi connectivity index (χ4n) is 2.32. The van der Waals surface area contributed by atoms with Crippen LogP contribution < -0.4 is 4.40 Å². The van der Waals surface area contributed by atoms with Gasteiger partial charge in [0, 0.05) is 0 Å². The summed E-state index contributed by atoms with van der Waals surface area (Å²) in [4.78, 5) is 0. The molecule has 0 aromatic heterocycles. The normalized spacial score (nSPS) is 10.6. The Bertz CT molecular complexity index is 373. The molecule has 1 aromatic carbocycles. The van der Waals surface area contributed by atoms with Crippen molar-refractivity contribution in [2.45, 2.75) is 119 Å². The van der Waals surface area contributed by atoms with Crippen molar-refractivity contribution in [1.29, 1.82) is 0 Å². The number of hydrogen-bond donors (Lipinski definition) is 0. The van der Waals surface area contributed by atoms with Crippen molar-refractivity contribution < 1.29 is 32.8 Å². The fourth-order valence-corrected chi connectivity index (χ4v) is 3.40. The molecule has 0 saturated heterocycles. The van der Waals surface area contributed by atoms with Gasteiger partial charge in [-0.05, 0) is 0 Å². The zero-order valence-corrected chi connectivity index (χ0v) is 27.5. The van der Waals surface area contributed by atoms with Crippen LogP contribution in [0, 0.1) is 0 Å². The summed E-state index contributed by atoms with van der Waals surface area (Å²) < 4.78 is 23.9. The second-order valence-corrected chi connectivity index (χ2v) is 11.2. The predicted octanol–water partition coefficient (Wildman–Crippen LogP) is 7.30. The molecule has 0 fully saturated rings. The van der Waals surface area contributed by atoms with Crippen LogP contribution in [0.1, 0.15) is 83.1 Å². The van der Waals surface area contributed by atoms with Gasteiger partial charge in [0.2, 0.25) is 0 Å². The SMILES string of the molecule is CC(C)[N-]C(C)C.CC(C)[N-]C(C)C.CC(C)[N-]C(C)C.[F][GeH]([F])[c-]1cccc1.[Hf+4]. The molecule has 176 valence electrons. The van der Waals surface area contributed by atoms with E-state index in [2.05, 4.69) is 99.0 Å². The molecule has 1 rings (SSSR count). The van der Waals surface area contributed by atoms with E-state index >= 15 is 0 Å². The average molecular weight is 655 g/mol. The third kappa shape index (κ3) is 39.0. The van der Waals surface area contributed by atoms with Gasteiger partial charge in [0.1, 0.15) is 0 Å². The predicted molar refractivity (Wildman–Crippen MR) is 132 cm³/mol. The summed E-state index contributed by atoms with van der Waals surface area (Å²) in [5, 5.41) is 12.8. The van der Waals surface area contributed by atoms with Gasteiger partial charge in [-0.2, -0.15) is 0 Å². The Morgan fingerprint density at radius 2 is 0.733 bits per heavy atom. The van der Waals surface area contributed by atoms with Crippen LogP contribution in [0.3, 0.4) is 0 Å². The molecule has 0 aliphatic rings. The van der Waals surface area contributed by atoms with Crippen molar-refractivity contribution in [1.82, 2.24) is 0 Å². The number of halogens is 2. The van der Waals surface area contributed by atoms with E-state index in [9.17, 15) is 7.00 Å². The van der Waals surface area contributed by atoms with Crippen molar-refractivity contribution in [3.63, 3.8) is 0 Å². The van der Waals surface area contributed by atoms with Gasteiger partial charge in [0.25, 0.3) is 0 Å². The first kappa shape index (κ1) is 37.8. The number of rotatable bonds is 7. The smallest absolute Gasteiger partial charge is 4.00 e. The molecule has 1 aromatic rings. The zero-order valence-electron chi connectivity index (χ0n) is 21.4. The molecule has 0 unspecified atom stereocenters. The third-order valence-electron chi connectivity index (χ3n) is 2.73. The topological polar surface area (TPSA) is 42.3 Å². The van der Waals surface area contributed by atoms with Crippen LogP contribution in [0.5, 0.6) is 0 Å². The number of nitrogens with zero attached hydrogens (tertiary/aromatic N) is 3. The van der Waals surface area contributed by atoms with Gasteiger partial charge < -0.3 is 16.0 Å². The molecule has 0 amide bonds. The van der Waals surface area contributed by atoms with Crippen molar-refractivity contribution in [3.05, 3.63) is 40.2 Å². The Hall–Kier alpha value is 0.503. The maximum atomic E-state index is 11.8. The average Bonchev–Trinajstić information content (AvgIpc) is 2.98. The van der Waals surface area contributed by atoms with Crippen molar-refractivity contribution in [2.24, 2.45) is 0 Å². The molecule has 0 saturated carbocycles. The Morgan fingerprint density at radius 3 is 0.800 bits per heavy atom. The summed E-state index contributed by atoms with van der Waals surface area (Å²) in [6, 6.07) is 9.27. The van der Waals surface area contributed by atoms with Gasteiger partial charge in [0.05, 0.1) is 0 Å². The van der Waals surface area contributed by atoms with E-state index in [1.807, 2.05) is 0 Å². The van der Waals surface area contributed by atoms with Crippen LogP contribution in [0.4, 0.5) is 7.00 Å². The van der Waals surface area contributed by atoms with Crippen LogP contribution in [0.2, 0.25) is 0 Å². The molecular weight excluding hydrogens is 607 g/mol. The summed E-state index contributed by atoms with van der Waals surface area (Å²) >= 11 is -3.89. The first-order valence-corrected chi connectivity index (χ1v) is 13.8. The van der Waals surface area contributed by atoms with Crippen LogP contribution >= 0.6 is 0 Å². The minimum atomic E-state index is -3.89. The Balaban J connectivity index is -0.000000149. The van der Waals surface area contributed by atoms with E-state index in [1.165, 1.54) is 12.1 Å². The van der Waals surface area contributed by atoms with E-state index in [-0.39, 0.29) is 30.2 Å². The summed E-state index contributed by atoms with van der Waals surface area (Å²) in [5.74, 6) is 0. The van der Waals surface area contributed by atoms with Crippen molar-refractivity contribution in [2.75, 3.05) is 0 Å². The van der Waals surface area contributed by atoms with Crippen molar-refractivity contribution >= 4 is 19.7 Å². The molecule has 0 spiro atoms. The summed E-state index contributed by atoms with van der Waals surface area (Å²) in [6.07, 6.45) is 0.